The summed E-state index contributed by atoms with van der Waals surface area (Å²) in [5, 5.41) is 22.8. The van der Waals surface area contributed by atoms with Crippen LogP contribution in [0.5, 0.6) is 17.2 Å². The van der Waals surface area contributed by atoms with Crippen LogP contribution in [0, 0.1) is 20.8 Å². The quantitative estimate of drug-likeness (QED) is 0.472. The molecular formula is C22H30ClNO4. The molecule has 2 rings (SSSR count). The summed E-state index contributed by atoms with van der Waals surface area (Å²) in [7, 11) is 1.35. The number of hydrogen-bond donors (Lipinski definition) is 3. The highest BCUT2D eigenvalue weighted by Gasteiger charge is 2.24. The van der Waals surface area contributed by atoms with Crippen LogP contribution in [0.15, 0.2) is 24.3 Å². The predicted molar refractivity (Wildman–Crippen MR) is 114 cm³/mol. The number of phenolic OH excluding ortho intramolecular Hbond substituents is 2. The molecule has 0 saturated heterocycles. The number of halogens is 1. The van der Waals surface area contributed by atoms with Crippen LogP contribution in [0.4, 0.5) is 0 Å². The van der Waals surface area contributed by atoms with Gasteiger partial charge in [-0.15, -0.1) is 12.4 Å². The largest absolute Gasteiger partial charge is 0.504 e. The topological polar surface area (TPSA) is 78.8 Å². The number of Topliss-reactive ketones (excluding diaryl/α,β-unsaturated/α-hetero) is 1. The Kier molecular flexibility index (Phi) is 7.91. The second-order valence-corrected chi connectivity index (χ2v) is 7.73. The van der Waals surface area contributed by atoms with E-state index in [1.165, 1.54) is 41.5 Å². The Bertz CT molecular complexity index is 839. The van der Waals surface area contributed by atoms with Crippen molar-refractivity contribution in [3.8, 4) is 17.2 Å². The summed E-state index contributed by atoms with van der Waals surface area (Å²) >= 11 is 0. The van der Waals surface area contributed by atoms with Crippen molar-refractivity contribution >= 4 is 18.2 Å². The maximum absolute atomic E-state index is 12.6. The van der Waals surface area contributed by atoms with Gasteiger partial charge in [0.1, 0.15) is 0 Å². The average molecular weight is 408 g/mol. The lowest BCUT2D eigenvalue weighted by Crippen LogP contribution is -2.44. The summed E-state index contributed by atoms with van der Waals surface area (Å²) in [6.07, 6.45) is 0.788. The van der Waals surface area contributed by atoms with E-state index >= 15 is 0 Å². The smallest absolute Gasteiger partial charge is 0.201 e. The lowest BCUT2D eigenvalue weighted by Gasteiger charge is -2.28. The first-order chi connectivity index (χ1) is 12.6. The Labute approximate surface area is 173 Å². The SMILES string of the molecule is COc1c(C(=O)CNC(C)(C)Cc2c(C)cc(C)cc2C)ccc(O)c1O.Cl. The van der Waals surface area contributed by atoms with E-state index in [1.807, 2.05) is 0 Å². The Hall–Kier alpha value is -2.24. The number of nitrogens with one attached hydrogen (secondary N) is 1. The number of phenols is 2. The van der Waals surface area contributed by atoms with E-state index in [1.54, 1.807) is 0 Å². The Morgan fingerprint density at radius 3 is 2.21 bits per heavy atom. The number of aryl methyl sites for hydroxylation is 3. The molecule has 0 aliphatic heterocycles. The zero-order valence-corrected chi connectivity index (χ0v) is 18.2. The van der Waals surface area contributed by atoms with E-state index < -0.39 is 5.75 Å². The highest BCUT2D eigenvalue weighted by atomic mass is 35.5. The average Bonchev–Trinajstić information content (AvgIpc) is 2.58. The highest BCUT2D eigenvalue weighted by molar-refractivity contribution is 6.01. The van der Waals surface area contributed by atoms with Gasteiger partial charge in [0.05, 0.1) is 19.2 Å². The molecule has 0 aliphatic carbocycles. The molecule has 2 aromatic rings. The molecule has 0 heterocycles. The van der Waals surface area contributed by atoms with Crippen LogP contribution < -0.4 is 10.1 Å². The van der Waals surface area contributed by atoms with E-state index in [-0.39, 0.29) is 47.3 Å². The van der Waals surface area contributed by atoms with Crippen LogP contribution in [-0.2, 0) is 6.42 Å². The lowest BCUT2D eigenvalue weighted by molar-refractivity contribution is 0.0976. The van der Waals surface area contributed by atoms with Crippen molar-refractivity contribution in [1.29, 1.82) is 0 Å². The fourth-order valence-corrected chi connectivity index (χ4v) is 3.39. The molecule has 6 heteroatoms. The number of aromatic hydroxyl groups is 2. The van der Waals surface area contributed by atoms with Gasteiger partial charge in [-0.05, 0) is 69.9 Å². The molecule has 154 valence electrons. The Morgan fingerprint density at radius 1 is 1.11 bits per heavy atom. The fourth-order valence-electron chi connectivity index (χ4n) is 3.39. The molecule has 3 N–H and O–H groups in total. The van der Waals surface area contributed by atoms with Gasteiger partial charge in [0.15, 0.2) is 17.3 Å². The normalized spacial score (nSPS) is 11.1. The third-order valence-corrected chi connectivity index (χ3v) is 4.80. The summed E-state index contributed by atoms with van der Waals surface area (Å²) < 4.78 is 5.09. The molecule has 0 aromatic heterocycles. The highest BCUT2D eigenvalue weighted by Crippen LogP contribution is 2.38. The van der Waals surface area contributed by atoms with Crippen LogP contribution in [0.25, 0.3) is 0 Å². The summed E-state index contributed by atoms with van der Waals surface area (Å²) in [6, 6.07) is 7.09. The standard InChI is InChI=1S/C22H29NO4.ClH/c1-13-9-14(2)17(15(3)10-13)11-22(4,5)23-12-19(25)16-7-8-18(24)20(26)21(16)27-6;/h7-10,23-24,26H,11-12H2,1-6H3;1H. The van der Waals surface area contributed by atoms with Gasteiger partial charge < -0.3 is 20.3 Å². The second kappa shape index (κ2) is 9.30. The van der Waals surface area contributed by atoms with Crippen molar-refractivity contribution < 1.29 is 19.7 Å². The van der Waals surface area contributed by atoms with Crippen LogP contribution >= 0.6 is 12.4 Å². The summed E-state index contributed by atoms with van der Waals surface area (Å²) in [5.74, 6) is -0.965. The molecule has 0 spiro atoms. The first kappa shape index (κ1) is 23.8. The van der Waals surface area contributed by atoms with Crippen molar-refractivity contribution in [2.24, 2.45) is 0 Å². The van der Waals surface area contributed by atoms with Gasteiger partial charge in [0, 0.05) is 5.54 Å². The third kappa shape index (κ3) is 5.40. The molecule has 2 aromatic carbocycles. The van der Waals surface area contributed by atoms with Gasteiger partial charge in [-0.1, -0.05) is 17.7 Å². The molecular weight excluding hydrogens is 378 g/mol. The number of benzene rings is 2. The first-order valence-corrected chi connectivity index (χ1v) is 8.99. The number of hydrogen-bond acceptors (Lipinski definition) is 5. The van der Waals surface area contributed by atoms with Crippen LogP contribution in [0.3, 0.4) is 0 Å². The van der Waals surface area contributed by atoms with Gasteiger partial charge in [0.2, 0.25) is 5.75 Å². The molecule has 0 amide bonds. The zero-order valence-electron chi connectivity index (χ0n) is 17.3. The van der Waals surface area contributed by atoms with Crippen molar-refractivity contribution in [2.45, 2.75) is 46.6 Å². The monoisotopic (exact) mass is 407 g/mol. The number of ether oxygens (including phenoxy) is 1. The van der Waals surface area contributed by atoms with E-state index in [4.69, 9.17) is 4.74 Å². The number of methoxy groups -OCH3 is 1. The van der Waals surface area contributed by atoms with Crippen molar-refractivity contribution in [2.75, 3.05) is 13.7 Å². The molecule has 0 atom stereocenters. The van der Waals surface area contributed by atoms with Crippen LogP contribution in [0.2, 0.25) is 0 Å². The molecule has 0 unspecified atom stereocenters. The van der Waals surface area contributed by atoms with Crippen molar-refractivity contribution in [1.82, 2.24) is 5.32 Å². The number of carbonyl (C=O) groups is 1. The number of carbonyl (C=O) groups excluding carboxylic acids is 1. The molecule has 5 nitrogen and oxygen atoms in total. The van der Waals surface area contributed by atoms with Gasteiger partial charge >= 0.3 is 0 Å². The van der Waals surface area contributed by atoms with Crippen molar-refractivity contribution in [3.05, 3.63) is 52.1 Å². The predicted octanol–water partition coefficient (Wildman–Crippen LogP) is 4.25. The molecule has 0 fully saturated rings. The molecule has 0 radical (unpaired) electrons. The van der Waals surface area contributed by atoms with Gasteiger partial charge in [-0.25, -0.2) is 0 Å². The Balaban J connectivity index is 0.00000392. The van der Waals surface area contributed by atoms with E-state index in [0.717, 1.165) is 6.42 Å². The van der Waals surface area contributed by atoms with Crippen molar-refractivity contribution in [3.63, 3.8) is 0 Å². The molecule has 0 saturated carbocycles. The summed E-state index contributed by atoms with van der Waals surface area (Å²) in [4.78, 5) is 12.6. The third-order valence-electron chi connectivity index (χ3n) is 4.80. The van der Waals surface area contributed by atoms with Gasteiger partial charge in [0.25, 0.3) is 0 Å². The minimum atomic E-state index is -0.423. The van der Waals surface area contributed by atoms with Crippen LogP contribution in [-0.4, -0.2) is 35.2 Å². The number of ketones is 1. The maximum Gasteiger partial charge on any atom is 0.201 e. The minimum absolute atomic E-state index is 0. The van der Waals surface area contributed by atoms with Gasteiger partial charge in [-0.3, -0.25) is 4.79 Å². The zero-order chi connectivity index (χ0) is 20.4. The lowest BCUT2D eigenvalue weighted by atomic mass is 9.88. The molecule has 0 aliphatic rings. The van der Waals surface area contributed by atoms with Crippen LogP contribution in [0.1, 0.15) is 46.5 Å². The fraction of sp³-hybridized carbons (Fsp3) is 0.409. The van der Waals surface area contributed by atoms with E-state index in [0.29, 0.717) is 0 Å². The van der Waals surface area contributed by atoms with E-state index in [2.05, 4.69) is 52.1 Å². The maximum atomic E-state index is 12.6. The van der Waals surface area contributed by atoms with E-state index in [9.17, 15) is 15.0 Å². The minimum Gasteiger partial charge on any atom is -0.504 e. The van der Waals surface area contributed by atoms with Gasteiger partial charge in [-0.2, -0.15) is 0 Å². The summed E-state index contributed by atoms with van der Waals surface area (Å²) in [6.45, 7) is 10.5. The summed E-state index contributed by atoms with van der Waals surface area (Å²) in [5.41, 5.74) is 4.96. The number of rotatable bonds is 7. The Morgan fingerprint density at radius 2 is 1.68 bits per heavy atom. The molecule has 28 heavy (non-hydrogen) atoms. The second-order valence-electron chi connectivity index (χ2n) is 7.73. The first-order valence-electron chi connectivity index (χ1n) is 8.99. The molecule has 0 bridgehead atoms.